The van der Waals surface area contributed by atoms with Crippen molar-refractivity contribution in [1.82, 2.24) is 9.97 Å². The molecule has 0 amide bonds. The molecule has 0 atom stereocenters. The van der Waals surface area contributed by atoms with E-state index in [2.05, 4.69) is 34.2 Å². The minimum absolute atomic E-state index is 0. The molecule has 22 heavy (non-hydrogen) atoms. The van der Waals surface area contributed by atoms with E-state index in [9.17, 15) is 22.0 Å². The topological polar surface area (TPSA) is 25.8 Å². The third-order valence-corrected chi connectivity index (χ3v) is 2.56. The van der Waals surface area contributed by atoms with Gasteiger partial charge in [-0.15, -0.1) is 0 Å². The van der Waals surface area contributed by atoms with Crippen LogP contribution in [0, 0.1) is 6.43 Å². The normalized spacial score (nSPS) is 11.0. The molecule has 0 spiro atoms. The number of benzene rings is 1. The number of fused-ring (bicyclic) bond motifs is 3. The van der Waals surface area contributed by atoms with Crippen LogP contribution in [0.25, 0.3) is 21.8 Å². The molecule has 0 N–H and O–H groups in total. The van der Waals surface area contributed by atoms with Crippen LogP contribution in [0.3, 0.4) is 0 Å². The number of alkyl halides is 3. The van der Waals surface area contributed by atoms with Crippen molar-refractivity contribution in [2.75, 3.05) is 0 Å². The molecule has 0 saturated carbocycles. The van der Waals surface area contributed by atoms with E-state index in [1.807, 2.05) is 12.1 Å². The van der Waals surface area contributed by atoms with Gasteiger partial charge in [0.15, 0.2) is 0 Å². The van der Waals surface area contributed by atoms with Gasteiger partial charge < -0.3 is 8.78 Å². The second-order valence-electron chi connectivity index (χ2n) is 3.97. The van der Waals surface area contributed by atoms with Crippen LogP contribution in [0.1, 0.15) is 0 Å². The molecule has 0 aliphatic carbocycles. The fraction of sp³-hybridized carbons (Fsp3) is 0.0714. The Labute approximate surface area is 132 Å². The number of aromatic nitrogens is 2. The molecule has 1 aromatic carbocycles. The average Bonchev–Trinajstić information content (AvgIpc) is 2.47. The summed E-state index contributed by atoms with van der Waals surface area (Å²) in [6.45, 7) is 0. The maximum Gasteiger partial charge on any atom is 1.00 e. The van der Waals surface area contributed by atoms with Gasteiger partial charge in [-0.2, -0.15) is 0 Å². The minimum Gasteiger partial charge on any atom is -0.412 e. The van der Waals surface area contributed by atoms with Gasteiger partial charge in [-0.05, 0) is 12.1 Å². The van der Waals surface area contributed by atoms with Gasteiger partial charge in [0, 0.05) is 23.2 Å². The Hall–Kier alpha value is -1.79. The van der Waals surface area contributed by atoms with Crippen molar-refractivity contribution < 1.29 is 39.0 Å². The SMILES string of the molecule is F[C-](F)C(F)(F)F.[Cu+].c1cnc2c(c1)ccc1cccnc12. The van der Waals surface area contributed by atoms with E-state index in [4.69, 9.17) is 0 Å². The molecule has 0 aliphatic heterocycles. The van der Waals surface area contributed by atoms with E-state index in [0.29, 0.717) is 0 Å². The summed E-state index contributed by atoms with van der Waals surface area (Å²) >= 11 is 0. The smallest absolute Gasteiger partial charge is 0.412 e. The molecule has 8 heteroatoms. The molecular weight excluding hydrogens is 355 g/mol. The molecule has 2 aromatic heterocycles. The van der Waals surface area contributed by atoms with Crippen LogP contribution in [-0.4, -0.2) is 16.1 Å². The number of hydrogen-bond acceptors (Lipinski definition) is 2. The Bertz CT molecular complexity index is 691. The van der Waals surface area contributed by atoms with Gasteiger partial charge in [0.1, 0.15) is 6.43 Å². The number of hydrogen-bond donors (Lipinski definition) is 0. The first-order valence-corrected chi connectivity index (χ1v) is 5.73. The number of nitrogens with zero attached hydrogens (tertiary/aromatic N) is 2. The van der Waals surface area contributed by atoms with E-state index in [0.717, 1.165) is 21.8 Å². The number of rotatable bonds is 0. The monoisotopic (exact) mass is 362 g/mol. The van der Waals surface area contributed by atoms with Crippen molar-refractivity contribution in [3.05, 3.63) is 55.2 Å². The zero-order valence-electron chi connectivity index (χ0n) is 10.7. The second kappa shape index (κ2) is 7.47. The van der Waals surface area contributed by atoms with Crippen molar-refractivity contribution in [3.8, 4) is 0 Å². The zero-order valence-corrected chi connectivity index (χ0v) is 11.6. The first-order chi connectivity index (χ1) is 9.89. The van der Waals surface area contributed by atoms with Gasteiger partial charge in [0.25, 0.3) is 0 Å². The Balaban J connectivity index is 0.000000264. The van der Waals surface area contributed by atoms with Gasteiger partial charge in [-0.3, -0.25) is 9.97 Å². The fourth-order valence-electron chi connectivity index (χ4n) is 1.68. The van der Waals surface area contributed by atoms with Crippen LogP contribution >= 0.6 is 0 Å². The molecule has 0 aliphatic rings. The van der Waals surface area contributed by atoms with Gasteiger partial charge in [-0.1, -0.05) is 24.3 Å². The van der Waals surface area contributed by atoms with Gasteiger partial charge >= 0.3 is 23.2 Å². The van der Waals surface area contributed by atoms with Crippen LogP contribution in [0.2, 0.25) is 0 Å². The first kappa shape index (κ1) is 18.3. The standard InChI is InChI=1S/C12H8N2.C2F5.Cu/c1-3-9-5-6-10-4-2-8-14-12(10)11(9)13-7-1;3-1(4)2(5,6)7;/h1-8H;;/q;-1;+1. The fourth-order valence-corrected chi connectivity index (χ4v) is 1.68. The quantitative estimate of drug-likeness (QED) is 0.249. The van der Waals surface area contributed by atoms with Crippen molar-refractivity contribution in [2.45, 2.75) is 6.18 Å². The minimum atomic E-state index is -5.42. The Kier molecular flexibility index (Phi) is 6.20. The molecule has 0 radical (unpaired) electrons. The molecule has 0 bridgehead atoms. The van der Waals surface area contributed by atoms with Crippen LogP contribution in [-0.2, 0) is 17.1 Å². The predicted molar refractivity (Wildman–Crippen MR) is 68.6 cm³/mol. The molecule has 3 aromatic rings. The van der Waals surface area contributed by atoms with Crippen LogP contribution in [0.15, 0.2) is 48.8 Å². The van der Waals surface area contributed by atoms with Crippen molar-refractivity contribution in [1.29, 1.82) is 0 Å². The van der Waals surface area contributed by atoms with Crippen LogP contribution in [0.5, 0.6) is 0 Å². The third-order valence-electron chi connectivity index (χ3n) is 2.56. The summed E-state index contributed by atoms with van der Waals surface area (Å²) in [5.41, 5.74) is 1.95. The van der Waals surface area contributed by atoms with Crippen molar-refractivity contribution >= 4 is 21.8 Å². The zero-order chi connectivity index (χ0) is 15.5. The van der Waals surface area contributed by atoms with E-state index < -0.39 is 12.6 Å². The molecule has 2 nitrogen and oxygen atoms in total. The van der Waals surface area contributed by atoms with E-state index in [-0.39, 0.29) is 17.1 Å². The molecule has 0 fully saturated rings. The summed E-state index contributed by atoms with van der Waals surface area (Å²) in [5.74, 6) is 0. The first-order valence-electron chi connectivity index (χ1n) is 5.73. The van der Waals surface area contributed by atoms with Gasteiger partial charge in [-0.25, -0.2) is 13.2 Å². The molecule has 0 saturated heterocycles. The third kappa shape index (κ3) is 4.35. The summed E-state index contributed by atoms with van der Waals surface area (Å²) in [4.78, 5) is 8.69. The van der Waals surface area contributed by atoms with Crippen LogP contribution < -0.4 is 0 Å². The van der Waals surface area contributed by atoms with Crippen molar-refractivity contribution in [3.63, 3.8) is 0 Å². The number of pyridine rings is 2. The summed E-state index contributed by atoms with van der Waals surface area (Å²) < 4.78 is 51.8. The average molecular weight is 363 g/mol. The Morgan fingerprint density at radius 3 is 1.45 bits per heavy atom. The van der Waals surface area contributed by atoms with E-state index in [1.165, 1.54) is 0 Å². The Morgan fingerprint density at radius 2 is 1.14 bits per heavy atom. The van der Waals surface area contributed by atoms with E-state index in [1.54, 1.807) is 12.4 Å². The Morgan fingerprint density at radius 1 is 0.773 bits per heavy atom. The molecular formula is C14H8CuF5N2. The van der Waals surface area contributed by atoms with Crippen molar-refractivity contribution in [2.24, 2.45) is 0 Å². The number of halogens is 5. The van der Waals surface area contributed by atoms with Gasteiger partial charge in [0.05, 0.1) is 11.0 Å². The summed E-state index contributed by atoms with van der Waals surface area (Å²) in [6.07, 6.45) is -5.32. The molecule has 120 valence electrons. The maximum absolute atomic E-state index is 10.4. The van der Waals surface area contributed by atoms with Gasteiger partial charge in [0.2, 0.25) is 0 Å². The van der Waals surface area contributed by atoms with E-state index >= 15 is 0 Å². The predicted octanol–water partition coefficient (Wildman–Crippen LogP) is 4.76. The largest absolute Gasteiger partial charge is 1.00 e. The molecule has 2 heterocycles. The summed E-state index contributed by atoms with van der Waals surface area (Å²) in [6, 6.07) is 12.1. The molecule has 0 unspecified atom stereocenters. The summed E-state index contributed by atoms with van der Waals surface area (Å²) in [5, 5.41) is 2.28. The maximum atomic E-state index is 10.4. The van der Waals surface area contributed by atoms with Crippen LogP contribution in [0.4, 0.5) is 22.0 Å². The molecule has 3 rings (SSSR count). The summed E-state index contributed by atoms with van der Waals surface area (Å²) in [7, 11) is 0. The second-order valence-corrected chi connectivity index (χ2v) is 3.97.